The number of anilines is 3. The molecular formula is C38H37NO. The fourth-order valence-corrected chi connectivity index (χ4v) is 4.89. The van der Waals surface area contributed by atoms with Crippen LogP contribution in [0.25, 0.3) is 22.3 Å². The molecule has 0 atom stereocenters. The highest BCUT2D eigenvalue weighted by Crippen LogP contribution is 2.37. The molecule has 0 spiro atoms. The molecule has 0 saturated heterocycles. The van der Waals surface area contributed by atoms with E-state index in [0.29, 0.717) is 0 Å². The van der Waals surface area contributed by atoms with E-state index in [1.807, 2.05) is 25.1 Å². The van der Waals surface area contributed by atoms with Crippen molar-refractivity contribution in [1.29, 1.82) is 0 Å². The lowest BCUT2D eigenvalue weighted by molar-refractivity contribution is 0.282. The van der Waals surface area contributed by atoms with Crippen LogP contribution in [0.15, 0.2) is 147 Å². The molecule has 4 aromatic carbocycles. The molecule has 0 aromatic heterocycles. The Morgan fingerprint density at radius 1 is 0.725 bits per heavy atom. The first-order valence-corrected chi connectivity index (χ1v) is 13.7. The molecule has 0 radical (unpaired) electrons. The number of nitrogens with zero attached hydrogens (tertiary/aromatic N) is 1. The van der Waals surface area contributed by atoms with Crippen molar-refractivity contribution in [1.82, 2.24) is 0 Å². The Morgan fingerprint density at radius 3 is 1.68 bits per heavy atom. The first kappa shape index (κ1) is 28.4. The molecule has 0 bridgehead atoms. The summed E-state index contributed by atoms with van der Waals surface area (Å²) in [6, 6.07) is 34.2. The summed E-state index contributed by atoms with van der Waals surface area (Å²) in [5.74, 6) is 0. The largest absolute Gasteiger partial charge is 0.392 e. The Morgan fingerprint density at radius 2 is 1.23 bits per heavy atom. The maximum Gasteiger partial charge on any atom is 0.0681 e. The molecule has 0 unspecified atom stereocenters. The third-order valence-electron chi connectivity index (χ3n) is 7.04. The molecule has 40 heavy (non-hydrogen) atoms. The molecule has 0 fully saturated rings. The normalized spacial score (nSPS) is 12.7. The molecule has 1 aliphatic rings. The van der Waals surface area contributed by atoms with E-state index in [4.69, 9.17) is 0 Å². The zero-order chi connectivity index (χ0) is 28.3. The summed E-state index contributed by atoms with van der Waals surface area (Å²) in [6.45, 7) is 12.0. The van der Waals surface area contributed by atoms with Crippen LogP contribution in [-0.2, 0) is 6.61 Å². The van der Waals surface area contributed by atoms with Gasteiger partial charge in [0.15, 0.2) is 0 Å². The summed E-state index contributed by atoms with van der Waals surface area (Å²) in [6.07, 6.45) is 13.0. The summed E-state index contributed by atoms with van der Waals surface area (Å²) in [5.41, 5.74) is 11.3. The van der Waals surface area contributed by atoms with Crippen LogP contribution in [0, 0.1) is 0 Å². The maximum atomic E-state index is 9.36. The van der Waals surface area contributed by atoms with Crippen LogP contribution < -0.4 is 4.90 Å². The SMILES string of the molecule is C=C.C=C/C(=C\C)c1ccc(N(c2ccc(C3=CCCC=C3)cc2)c2ccc(-c3ccc(CO)cc3)cc2)cc1. The lowest BCUT2D eigenvalue weighted by Gasteiger charge is -2.26. The topological polar surface area (TPSA) is 23.5 Å². The minimum absolute atomic E-state index is 0.0572. The van der Waals surface area contributed by atoms with E-state index >= 15 is 0 Å². The van der Waals surface area contributed by atoms with Crippen LogP contribution in [-0.4, -0.2) is 5.11 Å². The first-order valence-electron chi connectivity index (χ1n) is 13.7. The average molecular weight is 524 g/mol. The Labute approximate surface area is 239 Å². The number of allylic oxidation sites excluding steroid dienone is 7. The molecule has 0 aliphatic heterocycles. The van der Waals surface area contributed by atoms with E-state index in [1.54, 1.807) is 0 Å². The second-order valence-corrected chi connectivity index (χ2v) is 9.42. The molecule has 0 heterocycles. The lowest BCUT2D eigenvalue weighted by Crippen LogP contribution is -2.10. The lowest BCUT2D eigenvalue weighted by atomic mass is 9.99. The van der Waals surface area contributed by atoms with Crippen molar-refractivity contribution < 1.29 is 5.11 Å². The Balaban J connectivity index is 0.00000181. The number of aliphatic hydroxyl groups excluding tert-OH is 1. The standard InChI is InChI=1S/C36H33NO.C2H4/c1-3-28(4-2)30-14-20-34(21-15-30)37(35-22-16-32(17-23-35)29-8-6-5-7-9-29)36-24-18-33(19-25-36)31-12-10-27(26-38)11-13-31;1-2/h3-4,6,8-25,38H,1,5,7,26H2,2H3;1-2H2/b28-4+;. The fraction of sp³-hybridized carbons (Fsp3) is 0.105. The Kier molecular flexibility index (Phi) is 9.88. The second kappa shape index (κ2) is 13.9. The number of rotatable bonds is 8. The van der Waals surface area contributed by atoms with Crippen molar-refractivity contribution in [2.24, 2.45) is 0 Å². The fourth-order valence-electron chi connectivity index (χ4n) is 4.89. The smallest absolute Gasteiger partial charge is 0.0681 e. The van der Waals surface area contributed by atoms with Gasteiger partial charge in [-0.1, -0.05) is 97.6 Å². The van der Waals surface area contributed by atoms with Gasteiger partial charge < -0.3 is 10.0 Å². The molecule has 4 aromatic rings. The van der Waals surface area contributed by atoms with E-state index in [2.05, 4.69) is 134 Å². The van der Waals surface area contributed by atoms with Gasteiger partial charge >= 0.3 is 0 Å². The maximum absolute atomic E-state index is 9.36. The van der Waals surface area contributed by atoms with Gasteiger partial charge in [-0.15, -0.1) is 13.2 Å². The van der Waals surface area contributed by atoms with E-state index in [1.165, 1.54) is 11.1 Å². The van der Waals surface area contributed by atoms with Crippen LogP contribution >= 0.6 is 0 Å². The highest BCUT2D eigenvalue weighted by atomic mass is 16.3. The summed E-state index contributed by atoms with van der Waals surface area (Å²) in [7, 11) is 0. The molecule has 2 nitrogen and oxygen atoms in total. The van der Waals surface area contributed by atoms with Crippen molar-refractivity contribution >= 4 is 28.2 Å². The Bertz CT molecular complexity index is 1490. The van der Waals surface area contributed by atoms with E-state index in [0.717, 1.165) is 57.7 Å². The minimum Gasteiger partial charge on any atom is -0.392 e. The predicted octanol–water partition coefficient (Wildman–Crippen LogP) is 10.4. The van der Waals surface area contributed by atoms with E-state index in [-0.39, 0.29) is 6.61 Å². The number of hydrogen-bond donors (Lipinski definition) is 1. The van der Waals surface area contributed by atoms with Crippen LogP contribution in [0.2, 0.25) is 0 Å². The van der Waals surface area contributed by atoms with Gasteiger partial charge in [0.25, 0.3) is 0 Å². The van der Waals surface area contributed by atoms with E-state index < -0.39 is 0 Å². The number of hydrogen-bond acceptors (Lipinski definition) is 2. The average Bonchev–Trinajstić information content (AvgIpc) is 3.04. The van der Waals surface area contributed by atoms with Crippen LogP contribution in [0.1, 0.15) is 36.5 Å². The van der Waals surface area contributed by atoms with Crippen molar-refractivity contribution in [3.8, 4) is 11.1 Å². The molecule has 1 aliphatic carbocycles. The molecular weight excluding hydrogens is 486 g/mol. The molecule has 0 amide bonds. The summed E-state index contributed by atoms with van der Waals surface area (Å²) >= 11 is 0. The zero-order valence-corrected chi connectivity index (χ0v) is 23.3. The third-order valence-corrected chi connectivity index (χ3v) is 7.04. The van der Waals surface area contributed by atoms with Crippen molar-refractivity contribution in [3.05, 3.63) is 164 Å². The van der Waals surface area contributed by atoms with Gasteiger partial charge in [-0.05, 0) is 95.1 Å². The van der Waals surface area contributed by atoms with Crippen LogP contribution in [0.3, 0.4) is 0 Å². The monoisotopic (exact) mass is 523 g/mol. The Hall–Kier alpha value is -4.66. The number of aliphatic hydroxyl groups is 1. The molecule has 5 rings (SSSR count). The predicted molar refractivity (Wildman–Crippen MR) is 174 cm³/mol. The zero-order valence-electron chi connectivity index (χ0n) is 23.3. The van der Waals surface area contributed by atoms with Gasteiger partial charge in [0.1, 0.15) is 0 Å². The molecule has 1 N–H and O–H groups in total. The highest BCUT2D eigenvalue weighted by molar-refractivity contribution is 5.82. The van der Waals surface area contributed by atoms with Crippen molar-refractivity contribution in [2.75, 3.05) is 4.90 Å². The second-order valence-electron chi connectivity index (χ2n) is 9.42. The minimum atomic E-state index is 0.0572. The number of benzene rings is 4. The molecule has 2 heteroatoms. The van der Waals surface area contributed by atoms with Gasteiger partial charge in [-0.25, -0.2) is 0 Å². The van der Waals surface area contributed by atoms with Crippen LogP contribution in [0.4, 0.5) is 17.1 Å². The van der Waals surface area contributed by atoms with Crippen molar-refractivity contribution in [3.63, 3.8) is 0 Å². The van der Waals surface area contributed by atoms with Gasteiger partial charge in [0.2, 0.25) is 0 Å². The van der Waals surface area contributed by atoms with Gasteiger partial charge in [-0.3, -0.25) is 0 Å². The molecule has 200 valence electrons. The summed E-state index contributed by atoms with van der Waals surface area (Å²) < 4.78 is 0. The van der Waals surface area contributed by atoms with Gasteiger partial charge in [0.05, 0.1) is 6.61 Å². The van der Waals surface area contributed by atoms with Gasteiger partial charge in [0, 0.05) is 17.1 Å². The van der Waals surface area contributed by atoms with Gasteiger partial charge in [-0.2, -0.15) is 0 Å². The third kappa shape index (κ3) is 6.48. The highest BCUT2D eigenvalue weighted by Gasteiger charge is 2.14. The quantitative estimate of drug-likeness (QED) is 0.183. The van der Waals surface area contributed by atoms with E-state index in [9.17, 15) is 5.11 Å². The molecule has 0 saturated carbocycles. The summed E-state index contributed by atoms with van der Waals surface area (Å²) in [5, 5.41) is 9.36. The van der Waals surface area contributed by atoms with Crippen LogP contribution in [0.5, 0.6) is 0 Å². The van der Waals surface area contributed by atoms with Crippen molar-refractivity contribution in [2.45, 2.75) is 26.4 Å². The first-order chi connectivity index (χ1) is 19.7. The summed E-state index contributed by atoms with van der Waals surface area (Å²) in [4.78, 5) is 2.29.